The largest absolute Gasteiger partial charge is 0.446 e. The predicted octanol–water partition coefficient (Wildman–Crippen LogP) is 5.73. The summed E-state index contributed by atoms with van der Waals surface area (Å²) in [4.78, 5) is 17.0. The lowest BCUT2D eigenvalue weighted by atomic mass is 9.96. The zero-order valence-corrected chi connectivity index (χ0v) is 24.0. The summed E-state index contributed by atoms with van der Waals surface area (Å²) in [6, 6.07) is 7.37. The van der Waals surface area contributed by atoms with Crippen LogP contribution in [0.15, 0.2) is 41.4 Å². The summed E-state index contributed by atoms with van der Waals surface area (Å²) in [5.41, 5.74) is 8.52. The minimum atomic E-state index is -3.51. The number of hydrogen-bond acceptors (Lipinski definition) is 9. The highest BCUT2D eigenvalue weighted by Crippen LogP contribution is 2.42. The van der Waals surface area contributed by atoms with Crippen molar-refractivity contribution in [1.29, 1.82) is 0 Å². The number of benzene rings is 1. The Morgan fingerprint density at radius 2 is 2.05 bits per heavy atom. The first kappa shape index (κ1) is 27.0. The monoisotopic (exact) mass is 583 g/mol. The summed E-state index contributed by atoms with van der Waals surface area (Å²) in [6.07, 6.45) is 9.26. The average Bonchev–Trinajstić information content (AvgIpc) is 3.60. The number of aryl methyl sites for hydroxylation is 1. The molecule has 0 bridgehead atoms. The second-order valence-corrected chi connectivity index (χ2v) is 13.8. The molecule has 2 aromatic heterocycles. The maximum absolute atomic E-state index is 13.5. The van der Waals surface area contributed by atoms with E-state index in [4.69, 9.17) is 20.3 Å². The van der Waals surface area contributed by atoms with Crippen molar-refractivity contribution < 1.29 is 22.7 Å². The molecule has 1 amide bonds. The number of aromatic nitrogens is 3. The third-order valence-electron chi connectivity index (χ3n) is 7.57. The number of amides is 1. The molecular weight excluding hydrogens is 550 g/mol. The van der Waals surface area contributed by atoms with Crippen molar-refractivity contribution in [3.8, 4) is 10.6 Å². The van der Waals surface area contributed by atoms with Crippen molar-refractivity contribution in [2.24, 2.45) is 5.73 Å². The van der Waals surface area contributed by atoms with Crippen LogP contribution in [0.1, 0.15) is 68.2 Å². The van der Waals surface area contributed by atoms with Gasteiger partial charge in [0, 0.05) is 42.2 Å². The number of sulfone groups is 1. The van der Waals surface area contributed by atoms with E-state index in [-0.39, 0.29) is 17.6 Å². The van der Waals surface area contributed by atoms with Gasteiger partial charge in [-0.25, -0.2) is 22.9 Å². The van der Waals surface area contributed by atoms with Crippen LogP contribution in [0.25, 0.3) is 16.1 Å². The van der Waals surface area contributed by atoms with Crippen molar-refractivity contribution in [2.75, 3.05) is 11.9 Å². The highest BCUT2D eigenvalue weighted by molar-refractivity contribution is 7.92. The first-order chi connectivity index (χ1) is 19.3. The Labute approximate surface area is 237 Å². The van der Waals surface area contributed by atoms with E-state index in [1.165, 1.54) is 11.3 Å². The maximum atomic E-state index is 13.5. The van der Waals surface area contributed by atoms with Crippen molar-refractivity contribution in [2.45, 2.75) is 80.8 Å². The number of anilines is 2. The van der Waals surface area contributed by atoms with Gasteiger partial charge < -0.3 is 20.5 Å². The van der Waals surface area contributed by atoms with Gasteiger partial charge in [0.15, 0.2) is 21.9 Å². The Morgan fingerprint density at radius 3 is 2.75 bits per heavy atom. The Balaban J connectivity index is 1.27. The zero-order valence-electron chi connectivity index (χ0n) is 22.3. The molecule has 2 unspecified atom stereocenters. The maximum Gasteiger partial charge on any atom is 0.404 e. The topological polar surface area (TPSA) is 138 Å². The average molecular weight is 584 g/mol. The van der Waals surface area contributed by atoms with E-state index in [9.17, 15) is 13.2 Å². The fourth-order valence-corrected chi connectivity index (χ4v) is 8.29. The van der Waals surface area contributed by atoms with Gasteiger partial charge in [-0.05, 0) is 75.6 Å². The standard InChI is InChI=1S/C28H33N5O5S2/c1-17-14-25(32-33(17)26-4-2-3-13-37-26)31-19-7-12-22(24(15-19)40(35,36)21-10-11-21)27-30-16-23(39-27)18-5-8-20(9-6-18)38-28(29)34/h5,7,12,14-16,20-21,26H,2-4,6,8-11,13H2,1H3,(H2,29,34)(H,31,32). The van der Waals surface area contributed by atoms with Crippen molar-refractivity contribution in [3.63, 3.8) is 0 Å². The van der Waals surface area contributed by atoms with E-state index in [2.05, 4.69) is 10.3 Å². The van der Waals surface area contributed by atoms with E-state index >= 15 is 0 Å². The molecule has 3 aliphatic rings. The van der Waals surface area contributed by atoms with Crippen LogP contribution in [0, 0.1) is 6.92 Å². The lowest BCUT2D eigenvalue weighted by Gasteiger charge is -2.23. The number of allylic oxidation sites excluding steroid dienone is 1. The number of thiazole rings is 1. The normalized spacial score (nSPS) is 21.6. The van der Waals surface area contributed by atoms with Crippen LogP contribution in [0.5, 0.6) is 0 Å². The minimum Gasteiger partial charge on any atom is -0.446 e. The van der Waals surface area contributed by atoms with Crippen LogP contribution in [0.4, 0.5) is 16.3 Å². The quantitative estimate of drug-likeness (QED) is 0.343. The third kappa shape index (κ3) is 5.65. The van der Waals surface area contributed by atoms with Crippen molar-refractivity contribution >= 4 is 44.3 Å². The van der Waals surface area contributed by atoms with Gasteiger partial charge in [0.25, 0.3) is 0 Å². The molecule has 1 aliphatic heterocycles. The van der Waals surface area contributed by atoms with Crippen molar-refractivity contribution in [3.05, 3.63) is 47.1 Å². The number of ether oxygens (including phenoxy) is 2. The van der Waals surface area contributed by atoms with Crippen LogP contribution in [-0.2, 0) is 19.3 Å². The van der Waals surface area contributed by atoms with Gasteiger partial charge in [0.05, 0.1) is 15.0 Å². The molecule has 1 saturated heterocycles. The number of primary amides is 1. The number of carbonyl (C=O) groups is 1. The van der Waals surface area contributed by atoms with Gasteiger partial charge in [-0.1, -0.05) is 6.08 Å². The van der Waals surface area contributed by atoms with Gasteiger partial charge in [0.2, 0.25) is 0 Å². The second kappa shape index (κ2) is 11.0. The van der Waals surface area contributed by atoms with Gasteiger partial charge in [-0.3, -0.25) is 0 Å². The molecule has 3 aromatic rings. The molecular formula is C28H33N5O5S2. The molecule has 212 valence electrons. The summed E-state index contributed by atoms with van der Waals surface area (Å²) >= 11 is 1.47. The second-order valence-electron chi connectivity index (χ2n) is 10.6. The number of rotatable bonds is 8. The third-order valence-corrected chi connectivity index (χ3v) is 11.0. The van der Waals surface area contributed by atoms with Gasteiger partial charge >= 0.3 is 6.09 Å². The Bertz CT molecular complexity index is 1550. The SMILES string of the molecule is Cc1cc(Nc2ccc(-c3ncc(C4=CCC(OC(N)=O)CC4)s3)c(S(=O)(=O)C3CC3)c2)nn1C1CCCCO1. The van der Waals surface area contributed by atoms with Crippen molar-refractivity contribution in [1.82, 2.24) is 14.8 Å². The fraction of sp³-hybridized carbons (Fsp3) is 0.464. The van der Waals surface area contributed by atoms with Crippen LogP contribution < -0.4 is 11.1 Å². The molecule has 2 fully saturated rings. The van der Waals surface area contributed by atoms with E-state index in [0.29, 0.717) is 52.7 Å². The molecule has 2 atom stereocenters. The van der Waals surface area contributed by atoms with Crippen LogP contribution in [0.3, 0.4) is 0 Å². The lowest BCUT2D eigenvalue weighted by molar-refractivity contribution is -0.0404. The summed E-state index contributed by atoms with van der Waals surface area (Å²) in [5, 5.41) is 8.32. The predicted molar refractivity (Wildman–Crippen MR) is 153 cm³/mol. The Hall–Kier alpha value is -3.22. The van der Waals surface area contributed by atoms with Gasteiger partial charge in [-0.2, -0.15) is 5.10 Å². The van der Waals surface area contributed by atoms with E-state index in [1.807, 2.05) is 35.9 Å². The first-order valence-corrected chi connectivity index (χ1v) is 16.1. The summed E-state index contributed by atoms with van der Waals surface area (Å²) in [7, 11) is -3.51. The van der Waals surface area contributed by atoms with E-state index in [1.54, 1.807) is 12.3 Å². The minimum absolute atomic E-state index is 0.0718. The number of carbonyl (C=O) groups excluding carboxylic acids is 1. The molecule has 0 radical (unpaired) electrons. The Kier molecular flexibility index (Phi) is 7.41. The smallest absolute Gasteiger partial charge is 0.404 e. The molecule has 12 heteroatoms. The molecule has 10 nitrogen and oxygen atoms in total. The number of nitrogens with one attached hydrogen (secondary N) is 1. The molecule has 0 spiro atoms. The first-order valence-electron chi connectivity index (χ1n) is 13.7. The lowest BCUT2D eigenvalue weighted by Crippen LogP contribution is -2.23. The summed E-state index contributed by atoms with van der Waals surface area (Å²) in [6.45, 7) is 2.73. The number of nitrogens with zero attached hydrogens (tertiary/aromatic N) is 3. The highest BCUT2D eigenvalue weighted by atomic mass is 32.2. The molecule has 3 N–H and O–H groups in total. The summed E-state index contributed by atoms with van der Waals surface area (Å²) < 4.78 is 40.0. The molecule has 2 aliphatic carbocycles. The Morgan fingerprint density at radius 1 is 1.20 bits per heavy atom. The number of nitrogens with two attached hydrogens (primary N) is 1. The molecule has 6 rings (SSSR count). The van der Waals surface area contributed by atoms with Gasteiger partial charge in [-0.15, -0.1) is 11.3 Å². The van der Waals surface area contributed by atoms with Crippen LogP contribution >= 0.6 is 11.3 Å². The molecule has 1 saturated carbocycles. The fourth-order valence-electron chi connectivity index (χ4n) is 5.33. The number of hydrogen-bond donors (Lipinski definition) is 2. The van der Waals surface area contributed by atoms with E-state index in [0.717, 1.165) is 48.4 Å². The molecule has 3 heterocycles. The molecule has 40 heavy (non-hydrogen) atoms. The molecule has 1 aromatic carbocycles. The summed E-state index contributed by atoms with van der Waals surface area (Å²) in [5.74, 6) is 0.647. The zero-order chi connectivity index (χ0) is 27.9. The van der Waals surface area contributed by atoms with Gasteiger partial charge in [0.1, 0.15) is 11.1 Å². The highest BCUT2D eigenvalue weighted by Gasteiger charge is 2.39. The van der Waals surface area contributed by atoms with Crippen LogP contribution in [0.2, 0.25) is 0 Å². The van der Waals surface area contributed by atoms with Crippen LogP contribution in [-0.4, -0.2) is 47.2 Å². The van der Waals surface area contributed by atoms with E-state index < -0.39 is 15.9 Å².